The van der Waals surface area contributed by atoms with Crippen LogP contribution >= 0.6 is 0 Å². The third-order valence-corrected chi connectivity index (χ3v) is 5.22. The van der Waals surface area contributed by atoms with Gasteiger partial charge in [-0.2, -0.15) is 0 Å². The predicted octanol–water partition coefficient (Wildman–Crippen LogP) is 2.28. The Balaban J connectivity index is 1.94. The molecule has 0 atom stereocenters. The zero-order chi connectivity index (χ0) is 18.7. The van der Waals surface area contributed by atoms with E-state index in [1.807, 2.05) is 45.0 Å². The summed E-state index contributed by atoms with van der Waals surface area (Å²) in [5, 5.41) is 8.02. The highest BCUT2D eigenvalue weighted by Gasteiger charge is 2.29. The predicted molar refractivity (Wildman–Crippen MR) is 98.7 cm³/mol. The fourth-order valence-corrected chi connectivity index (χ4v) is 3.00. The first-order valence-electron chi connectivity index (χ1n) is 8.08. The van der Waals surface area contributed by atoms with Gasteiger partial charge in [0.25, 0.3) is 0 Å². The molecule has 2 aromatic carbocycles. The van der Waals surface area contributed by atoms with E-state index >= 15 is 0 Å². The molecule has 0 radical (unpaired) electrons. The number of hydrogen-bond donors (Lipinski definition) is 2. The summed E-state index contributed by atoms with van der Waals surface area (Å²) in [6.45, 7) is 6.28. The van der Waals surface area contributed by atoms with Crippen LogP contribution in [-0.2, 0) is 26.7 Å². The molecule has 0 spiro atoms. The van der Waals surface area contributed by atoms with Gasteiger partial charge in [0.1, 0.15) is 0 Å². The van der Waals surface area contributed by atoms with Crippen LogP contribution in [0.3, 0.4) is 0 Å². The second-order valence-electron chi connectivity index (χ2n) is 6.69. The number of primary sulfonamides is 1. The van der Waals surface area contributed by atoms with E-state index in [1.165, 1.54) is 12.1 Å². The van der Waals surface area contributed by atoms with E-state index < -0.39 is 15.4 Å². The fourth-order valence-electron chi connectivity index (χ4n) is 2.49. The van der Waals surface area contributed by atoms with Crippen LogP contribution in [0.15, 0.2) is 53.4 Å². The topological polar surface area (TPSA) is 89.3 Å². The molecule has 1 amide bonds. The number of nitrogens with one attached hydrogen (secondary N) is 1. The minimum absolute atomic E-state index is 0.0440. The Morgan fingerprint density at radius 1 is 1.04 bits per heavy atom. The van der Waals surface area contributed by atoms with Crippen molar-refractivity contribution in [2.24, 2.45) is 5.14 Å². The maximum atomic E-state index is 12.5. The lowest BCUT2D eigenvalue weighted by molar-refractivity contribution is -0.125. The number of rotatable bonds is 6. The molecule has 0 fully saturated rings. The average Bonchev–Trinajstić information content (AvgIpc) is 2.54. The lowest BCUT2D eigenvalue weighted by Gasteiger charge is -2.24. The summed E-state index contributed by atoms with van der Waals surface area (Å²) in [5.41, 5.74) is 2.43. The van der Waals surface area contributed by atoms with Gasteiger partial charge >= 0.3 is 0 Å². The maximum Gasteiger partial charge on any atom is 0.238 e. The van der Waals surface area contributed by atoms with Gasteiger partial charge in [-0.1, -0.05) is 42.0 Å². The lowest BCUT2D eigenvalue weighted by Crippen LogP contribution is -2.40. The standard InChI is InChI=1S/C19H24N2O3S/c1-14-4-8-16(9-5-14)19(2,3)18(22)21-13-12-15-6-10-17(11-7-15)25(20,23)24/h4-11H,12-13H2,1-3H3,(H,21,22)(H2,20,23,24). The second kappa shape index (κ2) is 7.37. The number of aryl methyl sites for hydroxylation is 1. The number of benzene rings is 2. The third-order valence-electron chi connectivity index (χ3n) is 4.29. The van der Waals surface area contributed by atoms with Crippen LogP contribution in [0.25, 0.3) is 0 Å². The molecule has 0 aliphatic heterocycles. The highest BCUT2D eigenvalue weighted by molar-refractivity contribution is 7.89. The molecule has 25 heavy (non-hydrogen) atoms. The first-order valence-corrected chi connectivity index (χ1v) is 9.62. The summed E-state index contributed by atoms with van der Waals surface area (Å²) in [4.78, 5) is 12.6. The number of hydrogen-bond acceptors (Lipinski definition) is 3. The molecule has 6 heteroatoms. The zero-order valence-electron chi connectivity index (χ0n) is 14.7. The monoisotopic (exact) mass is 360 g/mol. The van der Waals surface area contributed by atoms with E-state index in [9.17, 15) is 13.2 Å². The average molecular weight is 360 g/mol. The van der Waals surface area contributed by atoms with Crippen molar-refractivity contribution in [2.75, 3.05) is 6.54 Å². The van der Waals surface area contributed by atoms with Crippen LogP contribution in [0.5, 0.6) is 0 Å². The van der Waals surface area contributed by atoms with Crippen LogP contribution in [-0.4, -0.2) is 20.9 Å². The molecule has 2 rings (SSSR count). The summed E-state index contributed by atoms with van der Waals surface area (Å²) in [6.07, 6.45) is 0.612. The summed E-state index contributed by atoms with van der Waals surface area (Å²) >= 11 is 0. The summed E-state index contributed by atoms with van der Waals surface area (Å²) in [7, 11) is -3.68. The maximum absolute atomic E-state index is 12.5. The van der Waals surface area contributed by atoms with Crippen LogP contribution in [0.4, 0.5) is 0 Å². The minimum Gasteiger partial charge on any atom is -0.355 e. The second-order valence-corrected chi connectivity index (χ2v) is 8.25. The molecule has 0 bridgehead atoms. The molecular formula is C19H24N2O3S. The minimum atomic E-state index is -3.68. The zero-order valence-corrected chi connectivity index (χ0v) is 15.6. The van der Waals surface area contributed by atoms with Gasteiger partial charge in [0.05, 0.1) is 10.3 Å². The number of nitrogens with two attached hydrogens (primary N) is 1. The van der Waals surface area contributed by atoms with E-state index in [4.69, 9.17) is 5.14 Å². The number of carbonyl (C=O) groups is 1. The quantitative estimate of drug-likeness (QED) is 0.828. The SMILES string of the molecule is Cc1ccc(C(C)(C)C(=O)NCCc2ccc(S(N)(=O)=O)cc2)cc1. The molecule has 0 unspecified atom stereocenters. The summed E-state index contributed by atoms with van der Waals surface area (Å²) < 4.78 is 22.5. The van der Waals surface area contributed by atoms with Gasteiger partial charge < -0.3 is 5.32 Å². The van der Waals surface area contributed by atoms with Gasteiger partial charge in [0.2, 0.25) is 15.9 Å². The molecule has 3 N–H and O–H groups in total. The van der Waals surface area contributed by atoms with Crippen molar-refractivity contribution < 1.29 is 13.2 Å². The Hall–Kier alpha value is -2.18. The highest BCUT2D eigenvalue weighted by Crippen LogP contribution is 2.23. The molecule has 0 aliphatic rings. The molecule has 134 valence electrons. The van der Waals surface area contributed by atoms with Gasteiger partial charge in [-0.15, -0.1) is 0 Å². The molecule has 0 saturated carbocycles. The van der Waals surface area contributed by atoms with Gasteiger partial charge in [-0.3, -0.25) is 4.79 Å². The molecular weight excluding hydrogens is 336 g/mol. The first-order chi connectivity index (χ1) is 11.6. The number of sulfonamides is 1. The van der Waals surface area contributed by atoms with Crippen molar-refractivity contribution in [3.8, 4) is 0 Å². The smallest absolute Gasteiger partial charge is 0.238 e. The fraction of sp³-hybridized carbons (Fsp3) is 0.316. The number of amides is 1. The van der Waals surface area contributed by atoms with Gasteiger partial charge in [0.15, 0.2) is 0 Å². The third kappa shape index (κ3) is 4.90. The van der Waals surface area contributed by atoms with Crippen molar-refractivity contribution in [3.63, 3.8) is 0 Å². The van der Waals surface area contributed by atoms with Gasteiger partial charge in [0, 0.05) is 6.54 Å². The first kappa shape index (κ1) is 19.1. The Morgan fingerprint density at radius 2 is 1.60 bits per heavy atom. The molecule has 2 aromatic rings. The lowest BCUT2D eigenvalue weighted by atomic mass is 9.83. The molecule has 5 nitrogen and oxygen atoms in total. The molecule has 0 heterocycles. The van der Waals surface area contributed by atoms with Crippen molar-refractivity contribution in [1.82, 2.24) is 5.32 Å². The van der Waals surface area contributed by atoms with Crippen molar-refractivity contribution in [3.05, 3.63) is 65.2 Å². The van der Waals surface area contributed by atoms with Crippen LogP contribution in [0.1, 0.15) is 30.5 Å². The normalized spacial score (nSPS) is 12.0. The van der Waals surface area contributed by atoms with E-state index in [1.54, 1.807) is 12.1 Å². The van der Waals surface area contributed by atoms with Crippen molar-refractivity contribution >= 4 is 15.9 Å². The molecule has 0 aliphatic carbocycles. The Kier molecular flexibility index (Phi) is 5.65. The summed E-state index contributed by atoms with van der Waals surface area (Å²) in [6, 6.07) is 14.3. The van der Waals surface area contributed by atoms with E-state index in [2.05, 4.69) is 5.32 Å². The van der Waals surface area contributed by atoms with E-state index in [-0.39, 0.29) is 10.8 Å². The Bertz CT molecular complexity index is 839. The van der Waals surface area contributed by atoms with E-state index in [0.29, 0.717) is 13.0 Å². The van der Waals surface area contributed by atoms with Crippen LogP contribution in [0.2, 0.25) is 0 Å². The summed E-state index contributed by atoms with van der Waals surface area (Å²) in [5.74, 6) is -0.0440. The van der Waals surface area contributed by atoms with Crippen LogP contribution in [0, 0.1) is 6.92 Å². The Labute approximate surface area is 149 Å². The van der Waals surface area contributed by atoms with Gasteiger partial charge in [-0.25, -0.2) is 13.6 Å². The molecule has 0 saturated heterocycles. The van der Waals surface area contributed by atoms with Crippen molar-refractivity contribution in [2.45, 2.75) is 37.5 Å². The Morgan fingerprint density at radius 3 is 2.12 bits per heavy atom. The number of carbonyl (C=O) groups excluding carboxylic acids is 1. The van der Waals surface area contributed by atoms with E-state index in [0.717, 1.165) is 16.7 Å². The largest absolute Gasteiger partial charge is 0.355 e. The van der Waals surface area contributed by atoms with Crippen LogP contribution < -0.4 is 10.5 Å². The molecule has 0 aromatic heterocycles. The van der Waals surface area contributed by atoms with Crippen molar-refractivity contribution in [1.29, 1.82) is 0 Å². The van der Waals surface area contributed by atoms with Gasteiger partial charge in [-0.05, 0) is 50.5 Å². The highest BCUT2D eigenvalue weighted by atomic mass is 32.2.